The zero-order chi connectivity index (χ0) is 19.8. The summed E-state index contributed by atoms with van der Waals surface area (Å²) in [4.78, 5) is 14.9. The lowest BCUT2D eigenvalue weighted by Gasteiger charge is -2.26. The highest BCUT2D eigenvalue weighted by Gasteiger charge is 2.16. The van der Waals surface area contributed by atoms with Gasteiger partial charge in [-0.3, -0.25) is 9.69 Å². The maximum Gasteiger partial charge on any atom is 0.261 e. The smallest absolute Gasteiger partial charge is 0.261 e. The summed E-state index contributed by atoms with van der Waals surface area (Å²) in [6, 6.07) is 15.8. The number of carbonyl (C=O) groups excluding carboxylic acids is 1. The van der Waals surface area contributed by atoms with Gasteiger partial charge in [0.15, 0.2) is 17.6 Å². The van der Waals surface area contributed by atoms with Crippen molar-refractivity contribution in [1.29, 1.82) is 0 Å². The number of hydrogen-bond donors (Lipinski definition) is 1. The average molecular weight is 383 g/mol. The monoisotopic (exact) mass is 382 g/mol. The van der Waals surface area contributed by atoms with Crippen LogP contribution < -0.4 is 14.8 Å². The number of carbonyl (C=O) groups is 1. The number of nitrogens with zero attached hydrogens (tertiary/aromatic N) is 1. The van der Waals surface area contributed by atoms with Crippen LogP contribution in [-0.2, 0) is 17.9 Å². The molecule has 1 atom stereocenters. The third kappa shape index (κ3) is 5.73. The van der Waals surface area contributed by atoms with Crippen molar-refractivity contribution in [1.82, 2.24) is 10.2 Å². The standard InChI is InChI=1S/C23H30N2O3/c1-18(28-22-9-5-4-8-21(22)27-2)23(26)24-16-19-10-12-20(13-11-19)17-25-14-6-3-7-15-25/h4-5,8-13,18H,3,6-7,14-17H2,1-2H3,(H,24,26)/t18-/m1/s1. The summed E-state index contributed by atoms with van der Waals surface area (Å²) in [7, 11) is 1.59. The van der Waals surface area contributed by atoms with Crippen molar-refractivity contribution in [3.8, 4) is 11.5 Å². The number of hydrogen-bond acceptors (Lipinski definition) is 4. The molecule has 1 aliphatic heterocycles. The average Bonchev–Trinajstić information content (AvgIpc) is 2.74. The SMILES string of the molecule is COc1ccccc1O[C@H](C)C(=O)NCc1ccc(CN2CCCCC2)cc1. The van der Waals surface area contributed by atoms with Crippen molar-refractivity contribution < 1.29 is 14.3 Å². The normalized spacial score (nSPS) is 15.6. The van der Waals surface area contributed by atoms with E-state index in [0.29, 0.717) is 18.0 Å². The minimum atomic E-state index is -0.602. The number of ether oxygens (including phenoxy) is 2. The molecule has 0 aliphatic carbocycles. The van der Waals surface area contributed by atoms with Gasteiger partial charge in [0.25, 0.3) is 5.91 Å². The summed E-state index contributed by atoms with van der Waals surface area (Å²) in [5.41, 5.74) is 2.41. The van der Waals surface area contributed by atoms with Crippen molar-refractivity contribution in [3.63, 3.8) is 0 Å². The molecule has 0 saturated carbocycles. The van der Waals surface area contributed by atoms with Gasteiger partial charge in [-0.15, -0.1) is 0 Å². The van der Waals surface area contributed by atoms with Crippen LogP contribution in [0.1, 0.15) is 37.3 Å². The number of nitrogens with one attached hydrogen (secondary N) is 1. The molecule has 150 valence electrons. The summed E-state index contributed by atoms with van der Waals surface area (Å²) < 4.78 is 11.0. The van der Waals surface area contributed by atoms with E-state index < -0.39 is 6.10 Å². The van der Waals surface area contributed by atoms with Crippen LogP contribution in [0.15, 0.2) is 48.5 Å². The molecular formula is C23H30N2O3. The Kier molecular flexibility index (Phi) is 7.31. The molecule has 1 heterocycles. The molecule has 0 bridgehead atoms. The lowest BCUT2D eigenvalue weighted by molar-refractivity contribution is -0.127. The van der Waals surface area contributed by atoms with Gasteiger partial charge in [-0.1, -0.05) is 42.8 Å². The third-order valence-electron chi connectivity index (χ3n) is 5.09. The maximum absolute atomic E-state index is 12.4. The Morgan fingerprint density at radius 1 is 1.00 bits per heavy atom. The second-order valence-electron chi connectivity index (χ2n) is 7.28. The molecule has 2 aromatic rings. The van der Waals surface area contributed by atoms with Gasteiger partial charge < -0.3 is 14.8 Å². The molecule has 1 aliphatic rings. The van der Waals surface area contributed by atoms with Gasteiger partial charge in [0.1, 0.15) is 0 Å². The van der Waals surface area contributed by atoms with Crippen molar-refractivity contribution in [2.45, 2.75) is 45.4 Å². The zero-order valence-electron chi connectivity index (χ0n) is 16.8. The number of benzene rings is 2. The first-order valence-corrected chi connectivity index (χ1v) is 10.0. The first-order valence-electron chi connectivity index (χ1n) is 10.0. The summed E-state index contributed by atoms with van der Waals surface area (Å²) in [6.45, 7) is 5.63. The number of methoxy groups -OCH3 is 1. The second kappa shape index (κ2) is 10.1. The molecule has 2 aromatic carbocycles. The van der Waals surface area contributed by atoms with Gasteiger partial charge in [-0.05, 0) is 56.1 Å². The van der Waals surface area contributed by atoms with E-state index in [1.165, 1.54) is 37.9 Å². The molecule has 1 fully saturated rings. The van der Waals surface area contributed by atoms with Crippen molar-refractivity contribution in [3.05, 3.63) is 59.7 Å². The Bertz CT molecular complexity index is 755. The van der Waals surface area contributed by atoms with Crippen molar-refractivity contribution in [2.75, 3.05) is 20.2 Å². The van der Waals surface area contributed by atoms with E-state index in [9.17, 15) is 4.79 Å². The highest BCUT2D eigenvalue weighted by molar-refractivity contribution is 5.80. The Morgan fingerprint density at radius 3 is 2.32 bits per heavy atom. The molecule has 28 heavy (non-hydrogen) atoms. The zero-order valence-corrected chi connectivity index (χ0v) is 16.8. The highest BCUT2D eigenvalue weighted by atomic mass is 16.5. The molecule has 0 unspecified atom stereocenters. The van der Waals surface area contributed by atoms with E-state index in [-0.39, 0.29) is 5.91 Å². The fourth-order valence-electron chi connectivity index (χ4n) is 3.43. The fraction of sp³-hybridized carbons (Fsp3) is 0.435. The quantitative estimate of drug-likeness (QED) is 0.755. The topological polar surface area (TPSA) is 50.8 Å². The van der Waals surface area contributed by atoms with Gasteiger partial charge in [0, 0.05) is 13.1 Å². The van der Waals surface area contributed by atoms with Crippen LogP contribution in [-0.4, -0.2) is 37.1 Å². The maximum atomic E-state index is 12.4. The lowest BCUT2D eigenvalue weighted by Crippen LogP contribution is -2.36. The largest absolute Gasteiger partial charge is 0.493 e. The minimum Gasteiger partial charge on any atom is -0.493 e. The van der Waals surface area contributed by atoms with E-state index in [1.54, 1.807) is 20.1 Å². The Labute approximate surface area is 167 Å². The number of likely N-dealkylation sites (tertiary alicyclic amines) is 1. The van der Waals surface area contributed by atoms with Crippen LogP contribution in [0, 0.1) is 0 Å². The molecule has 5 heteroatoms. The van der Waals surface area contributed by atoms with E-state index in [1.807, 2.05) is 18.2 Å². The van der Waals surface area contributed by atoms with E-state index in [0.717, 1.165) is 12.1 Å². The number of rotatable bonds is 8. The van der Waals surface area contributed by atoms with Crippen LogP contribution >= 0.6 is 0 Å². The fourth-order valence-corrected chi connectivity index (χ4v) is 3.43. The molecule has 3 rings (SSSR count). The molecular weight excluding hydrogens is 352 g/mol. The predicted molar refractivity (Wildman–Crippen MR) is 111 cm³/mol. The molecule has 1 amide bonds. The van der Waals surface area contributed by atoms with Gasteiger partial charge in [-0.25, -0.2) is 0 Å². The van der Waals surface area contributed by atoms with E-state index in [4.69, 9.17) is 9.47 Å². The van der Waals surface area contributed by atoms with E-state index in [2.05, 4.69) is 34.5 Å². The van der Waals surface area contributed by atoms with Crippen LogP contribution in [0.25, 0.3) is 0 Å². The summed E-state index contributed by atoms with van der Waals surface area (Å²) >= 11 is 0. The molecule has 5 nitrogen and oxygen atoms in total. The van der Waals surface area contributed by atoms with Gasteiger partial charge in [0.2, 0.25) is 0 Å². The predicted octanol–water partition coefficient (Wildman–Crippen LogP) is 3.76. The lowest BCUT2D eigenvalue weighted by atomic mass is 10.1. The van der Waals surface area contributed by atoms with Crippen molar-refractivity contribution >= 4 is 5.91 Å². The molecule has 0 aromatic heterocycles. The molecule has 1 N–H and O–H groups in total. The van der Waals surface area contributed by atoms with Gasteiger partial charge >= 0.3 is 0 Å². The third-order valence-corrected chi connectivity index (χ3v) is 5.09. The second-order valence-corrected chi connectivity index (χ2v) is 7.28. The summed E-state index contributed by atoms with van der Waals surface area (Å²) in [5.74, 6) is 1.03. The van der Waals surface area contributed by atoms with Gasteiger partial charge in [0.05, 0.1) is 7.11 Å². The highest BCUT2D eigenvalue weighted by Crippen LogP contribution is 2.26. The summed E-state index contributed by atoms with van der Waals surface area (Å²) in [5, 5.41) is 2.94. The number of piperidine rings is 1. The van der Waals surface area contributed by atoms with Crippen LogP contribution in [0.4, 0.5) is 0 Å². The molecule has 0 spiro atoms. The van der Waals surface area contributed by atoms with Crippen LogP contribution in [0.5, 0.6) is 11.5 Å². The Morgan fingerprint density at radius 2 is 1.64 bits per heavy atom. The number of amides is 1. The minimum absolute atomic E-state index is 0.150. The van der Waals surface area contributed by atoms with Crippen LogP contribution in [0.2, 0.25) is 0 Å². The number of para-hydroxylation sites is 2. The summed E-state index contributed by atoms with van der Waals surface area (Å²) in [6.07, 6.45) is 3.36. The molecule has 1 saturated heterocycles. The Balaban J connectivity index is 1.47. The van der Waals surface area contributed by atoms with E-state index >= 15 is 0 Å². The van der Waals surface area contributed by atoms with Crippen molar-refractivity contribution in [2.24, 2.45) is 0 Å². The Hall–Kier alpha value is -2.53. The first kappa shape index (κ1) is 20.2. The van der Waals surface area contributed by atoms with Crippen LogP contribution in [0.3, 0.4) is 0 Å². The van der Waals surface area contributed by atoms with Gasteiger partial charge in [-0.2, -0.15) is 0 Å². The molecule has 0 radical (unpaired) electrons. The first-order chi connectivity index (χ1) is 13.7.